The lowest BCUT2D eigenvalue weighted by Crippen LogP contribution is -2.37. The molecule has 118 valence electrons. The minimum atomic E-state index is -4.02. The van der Waals surface area contributed by atoms with Gasteiger partial charge in [0.2, 0.25) is 10.0 Å². The number of hydrogen-bond acceptors (Lipinski definition) is 3. The highest BCUT2D eigenvalue weighted by Gasteiger charge is 2.29. The predicted molar refractivity (Wildman–Crippen MR) is 76.0 cm³/mol. The summed E-state index contributed by atoms with van der Waals surface area (Å²) in [5.41, 5.74) is 4.86. The minimum absolute atomic E-state index is 0.261. The standard InChI is InChI=1S/C14H20F2N2O2S/c1-9(10-4-2-3-5-10)18-21(19,20)13-7-6-12(15)11(8-17)14(13)16/h6-7,9-10,18H,2-5,8,17H2,1H3. The van der Waals surface area contributed by atoms with Gasteiger partial charge in [-0.05, 0) is 37.8 Å². The second-order valence-electron chi connectivity index (χ2n) is 5.50. The van der Waals surface area contributed by atoms with Gasteiger partial charge in [-0.1, -0.05) is 12.8 Å². The first-order chi connectivity index (χ1) is 9.86. The van der Waals surface area contributed by atoms with Gasteiger partial charge < -0.3 is 5.73 Å². The largest absolute Gasteiger partial charge is 0.326 e. The van der Waals surface area contributed by atoms with E-state index in [0.717, 1.165) is 37.8 Å². The summed E-state index contributed by atoms with van der Waals surface area (Å²) in [5, 5.41) is 0. The second kappa shape index (κ2) is 6.37. The number of nitrogens with one attached hydrogen (secondary N) is 1. The third-order valence-corrected chi connectivity index (χ3v) is 5.67. The molecule has 1 saturated carbocycles. The van der Waals surface area contributed by atoms with E-state index in [2.05, 4.69) is 4.72 Å². The molecule has 21 heavy (non-hydrogen) atoms. The third-order valence-electron chi connectivity index (χ3n) is 4.09. The SMILES string of the molecule is CC(NS(=O)(=O)c1ccc(F)c(CN)c1F)C1CCCC1. The summed E-state index contributed by atoms with van der Waals surface area (Å²) in [4.78, 5) is -0.547. The van der Waals surface area contributed by atoms with E-state index in [9.17, 15) is 17.2 Å². The van der Waals surface area contributed by atoms with Crippen LogP contribution in [0.25, 0.3) is 0 Å². The van der Waals surface area contributed by atoms with Crippen LogP contribution >= 0.6 is 0 Å². The molecule has 0 radical (unpaired) electrons. The summed E-state index contributed by atoms with van der Waals surface area (Å²) in [5.74, 6) is -1.68. The van der Waals surface area contributed by atoms with Crippen molar-refractivity contribution < 1.29 is 17.2 Å². The number of sulfonamides is 1. The Balaban J connectivity index is 2.27. The molecule has 1 atom stereocenters. The Morgan fingerprint density at radius 2 is 1.95 bits per heavy atom. The molecule has 0 bridgehead atoms. The van der Waals surface area contributed by atoms with Gasteiger partial charge in [-0.2, -0.15) is 0 Å². The van der Waals surface area contributed by atoms with E-state index >= 15 is 0 Å². The summed E-state index contributed by atoms with van der Waals surface area (Å²) >= 11 is 0. The van der Waals surface area contributed by atoms with Crippen molar-refractivity contribution >= 4 is 10.0 Å². The summed E-state index contributed by atoms with van der Waals surface area (Å²) in [6.07, 6.45) is 4.09. The Labute approximate surface area is 123 Å². The summed E-state index contributed by atoms with van der Waals surface area (Å²) in [6.45, 7) is 1.39. The molecule has 7 heteroatoms. The van der Waals surface area contributed by atoms with Gasteiger partial charge in [0.15, 0.2) is 5.82 Å². The van der Waals surface area contributed by atoms with Gasteiger partial charge >= 0.3 is 0 Å². The highest BCUT2D eigenvalue weighted by atomic mass is 32.2. The molecule has 0 amide bonds. The molecule has 0 aliphatic heterocycles. The Morgan fingerprint density at radius 1 is 1.33 bits per heavy atom. The van der Waals surface area contributed by atoms with E-state index < -0.39 is 32.1 Å². The van der Waals surface area contributed by atoms with Gasteiger partial charge in [0.25, 0.3) is 0 Å². The van der Waals surface area contributed by atoms with Crippen LogP contribution in [0.5, 0.6) is 0 Å². The molecule has 0 aromatic heterocycles. The van der Waals surface area contributed by atoms with Crippen LogP contribution in [0.2, 0.25) is 0 Å². The lowest BCUT2D eigenvalue weighted by Gasteiger charge is -2.20. The van der Waals surface area contributed by atoms with Crippen molar-refractivity contribution in [2.75, 3.05) is 0 Å². The van der Waals surface area contributed by atoms with Crippen molar-refractivity contribution in [1.29, 1.82) is 0 Å². The van der Waals surface area contributed by atoms with Gasteiger partial charge in [-0.25, -0.2) is 21.9 Å². The van der Waals surface area contributed by atoms with Crippen molar-refractivity contribution in [2.24, 2.45) is 11.7 Å². The first-order valence-corrected chi connectivity index (χ1v) is 8.54. The molecule has 1 aliphatic carbocycles. The Bertz CT molecular complexity index is 614. The van der Waals surface area contributed by atoms with Gasteiger partial charge in [0, 0.05) is 18.2 Å². The maximum absolute atomic E-state index is 14.1. The number of nitrogens with two attached hydrogens (primary N) is 1. The van der Waals surface area contributed by atoms with E-state index in [0.29, 0.717) is 0 Å². The Hall–Kier alpha value is -1.05. The van der Waals surface area contributed by atoms with Crippen LogP contribution < -0.4 is 10.5 Å². The van der Waals surface area contributed by atoms with E-state index in [1.165, 1.54) is 0 Å². The highest BCUT2D eigenvalue weighted by Crippen LogP contribution is 2.29. The summed E-state index contributed by atoms with van der Waals surface area (Å²) in [6, 6.07) is 1.59. The molecule has 3 N–H and O–H groups in total. The van der Waals surface area contributed by atoms with Crippen molar-refractivity contribution in [2.45, 2.75) is 50.1 Å². The zero-order valence-corrected chi connectivity index (χ0v) is 12.7. The normalized spacial score (nSPS) is 18.1. The molecule has 1 unspecified atom stereocenters. The van der Waals surface area contributed by atoms with Crippen LogP contribution in [-0.2, 0) is 16.6 Å². The maximum atomic E-state index is 14.1. The lowest BCUT2D eigenvalue weighted by molar-refractivity contribution is 0.422. The zero-order valence-electron chi connectivity index (χ0n) is 11.9. The van der Waals surface area contributed by atoms with E-state index in [1.807, 2.05) is 0 Å². The molecule has 1 aromatic carbocycles. The van der Waals surface area contributed by atoms with Gasteiger partial charge in [0.1, 0.15) is 10.7 Å². The molecular weight excluding hydrogens is 298 g/mol. The van der Waals surface area contributed by atoms with Crippen LogP contribution in [0, 0.1) is 17.6 Å². The first-order valence-electron chi connectivity index (χ1n) is 7.06. The third kappa shape index (κ3) is 3.41. The van der Waals surface area contributed by atoms with E-state index in [-0.39, 0.29) is 18.5 Å². The predicted octanol–water partition coefficient (Wildman–Crippen LogP) is 2.28. The minimum Gasteiger partial charge on any atom is -0.326 e. The summed E-state index contributed by atoms with van der Waals surface area (Å²) < 4.78 is 54.6. The molecule has 1 fully saturated rings. The van der Waals surface area contributed by atoms with Crippen LogP contribution in [0.15, 0.2) is 17.0 Å². The number of halogens is 2. The average molecular weight is 318 g/mol. The maximum Gasteiger partial charge on any atom is 0.243 e. The van der Waals surface area contributed by atoms with Gasteiger partial charge in [-0.15, -0.1) is 0 Å². The molecule has 1 aliphatic rings. The smallest absolute Gasteiger partial charge is 0.243 e. The fraction of sp³-hybridized carbons (Fsp3) is 0.571. The van der Waals surface area contributed by atoms with Gasteiger partial charge in [-0.3, -0.25) is 0 Å². The monoisotopic (exact) mass is 318 g/mol. The fourth-order valence-corrected chi connectivity index (χ4v) is 4.25. The number of rotatable bonds is 5. The van der Waals surface area contributed by atoms with Crippen molar-refractivity contribution in [3.8, 4) is 0 Å². The molecule has 1 aromatic rings. The van der Waals surface area contributed by atoms with E-state index in [4.69, 9.17) is 5.73 Å². The van der Waals surface area contributed by atoms with Crippen LogP contribution in [-0.4, -0.2) is 14.5 Å². The second-order valence-corrected chi connectivity index (χ2v) is 7.18. The molecule has 2 rings (SSSR count). The molecule has 0 spiro atoms. The number of hydrogen-bond donors (Lipinski definition) is 2. The molecule has 4 nitrogen and oxygen atoms in total. The van der Waals surface area contributed by atoms with Crippen molar-refractivity contribution in [1.82, 2.24) is 4.72 Å². The van der Waals surface area contributed by atoms with Crippen molar-refractivity contribution in [3.05, 3.63) is 29.3 Å². The highest BCUT2D eigenvalue weighted by molar-refractivity contribution is 7.89. The Kier molecular flexibility index (Phi) is 4.95. The molecule has 0 heterocycles. The van der Waals surface area contributed by atoms with Crippen molar-refractivity contribution in [3.63, 3.8) is 0 Å². The van der Waals surface area contributed by atoms with Crippen LogP contribution in [0.1, 0.15) is 38.2 Å². The number of benzene rings is 1. The zero-order chi connectivity index (χ0) is 15.6. The quantitative estimate of drug-likeness (QED) is 0.875. The molecular formula is C14H20F2N2O2S. The molecule has 0 saturated heterocycles. The van der Waals surface area contributed by atoms with Gasteiger partial charge in [0.05, 0.1) is 0 Å². The average Bonchev–Trinajstić information content (AvgIpc) is 2.92. The van der Waals surface area contributed by atoms with Crippen LogP contribution in [0.4, 0.5) is 8.78 Å². The first kappa shape index (κ1) is 16.3. The topological polar surface area (TPSA) is 72.2 Å². The summed E-state index contributed by atoms with van der Waals surface area (Å²) in [7, 11) is -4.02. The fourth-order valence-electron chi connectivity index (χ4n) is 2.83. The lowest BCUT2D eigenvalue weighted by atomic mass is 10.0. The van der Waals surface area contributed by atoms with Crippen LogP contribution in [0.3, 0.4) is 0 Å². The van der Waals surface area contributed by atoms with E-state index in [1.54, 1.807) is 6.92 Å². The Morgan fingerprint density at radius 3 is 2.52 bits per heavy atom.